The second kappa shape index (κ2) is 9.04. The number of amides is 2. The molecule has 0 saturated carbocycles. The van der Waals surface area contributed by atoms with Gasteiger partial charge in [-0.3, -0.25) is 4.79 Å². The lowest BCUT2D eigenvalue weighted by molar-refractivity contribution is -0.151. The number of urea groups is 1. The van der Waals surface area contributed by atoms with E-state index in [0.717, 1.165) is 12.8 Å². The Kier molecular flexibility index (Phi) is 6.48. The summed E-state index contributed by atoms with van der Waals surface area (Å²) < 4.78 is 27.1. The van der Waals surface area contributed by atoms with Crippen molar-refractivity contribution < 1.29 is 33.3 Å². The molecule has 2 amide bonds. The van der Waals surface area contributed by atoms with Gasteiger partial charge in [-0.25, -0.2) is 4.79 Å². The van der Waals surface area contributed by atoms with Crippen molar-refractivity contribution in [3.8, 4) is 17.2 Å². The van der Waals surface area contributed by atoms with Crippen LogP contribution in [0.25, 0.3) is 0 Å². The molecule has 0 bridgehead atoms. The van der Waals surface area contributed by atoms with Gasteiger partial charge in [-0.1, -0.05) is 6.58 Å². The fourth-order valence-corrected chi connectivity index (χ4v) is 3.56. The Morgan fingerprint density at radius 3 is 2.45 bits per heavy atom. The van der Waals surface area contributed by atoms with Crippen LogP contribution in [0.5, 0.6) is 17.2 Å². The van der Waals surface area contributed by atoms with E-state index in [1.807, 2.05) is 0 Å². The molecule has 2 aliphatic heterocycles. The summed E-state index contributed by atoms with van der Waals surface area (Å²) in [5.41, 5.74) is 0.847. The second-order valence-electron chi connectivity index (χ2n) is 6.80. The Balaban J connectivity index is 1.90. The molecule has 3 rings (SSSR count). The van der Waals surface area contributed by atoms with Crippen LogP contribution >= 0.6 is 0 Å². The molecular weight excluding hydrogens is 380 g/mol. The molecule has 2 fully saturated rings. The van der Waals surface area contributed by atoms with E-state index in [2.05, 4.69) is 17.2 Å². The summed E-state index contributed by atoms with van der Waals surface area (Å²) >= 11 is 0. The number of rotatable bonds is 7. The van der Waals surface area contributed by atoms with Gasteiger partial charge < -0.3 is 34.3 Å². The van der Waals surface area contributed by atoms with Gasteiger partial charge in [0.1, 0.15) is 12.5 Å². The Hall–Kier alpha value is -2.94. The zero-order valence-corrected chi connectivity index (χ0v) is 16.8. The van der Waals surface area contributed by atoms with Gasteiger partial charge in [0.15, 0.2) is 11.5 Å². The maximum absolute atomic E-state index is 12.9. The quantitative estimate of drug-likeness (QED) is 0.667. The Bertz CT molecular complexity index is 764. The summed E-state index contributed by atoms with van der Waals surface area (Å²) in [6, 6.07) is 2.19. The van der Waals surface area contributed by atoms with Gasteiger partial charge in [0.05, 0.1) is 33.5 Å². The SMILES string of the molecule is C=C1NC(=O)NC(c2cc(OC)c(OC)c(OC)c2)C1C(=O)OCC1CCCO1. The number of hydrogen-bond donors (Lipinski definition) is 2. The summed E-state index contributed by atoms with van der Waals surface area (Å²) in [6.45, 7) is 4.69. The van der Waals surface area contributed by atoms with Crippen LogP contribution < -0.4 is 24.8 Å². The van der Waals surface area contributed by atoms with Gasteiger partial charge in [-0.05, 0) is 30.5 Å². The fourth-order valence-electron chi connectivity index (χ4n) is 3.56. The lowest BCUT2D eigenvalue weighted by atomic mass is 9.88. The van der Waals surface area contributed by atoms with Gasteiger partial charge >= 0.3 is 12.0 Å². The standard InChI is InChI=1S/C20H26N2O7/c1-11-16(19(23)29-10-13-6-5-7-28-13)17(22-20(24)21-11)12-8-14(25-2)18(27-4)15(9-12)26-3/h8-9,13,16-17H,1,5-7,10H2,2-4H3,(H2,21,22,24). The maximum atomic E-state index is 12.9. The van der Waals surface area contributed by atoms with Crippen LogP contribution in [-0.4, -0.2) is 52.6 Å². The summed E-state index contributed by atoms with van der Waals surface area (Å²) in [5, 5.41) is 5.32. The van der Waals surface area contributed by atoms with Crippen molar-refractivity contribution >= 4 is 12.0 Å². The Morgan fingerprint density at radius 2 is 1.90 bits per heavy atom. The number of benzene rings is 1. The molecule has 0 aromatic heterocycles. The number of esters is 1. The third kappa shape index (κ3) is 4.40. The normalized spacial score (nSPS) is 23.8. The highest BCUT2D eigenvalue weighted by atomic mass is 16.6. The molecule has 3 unspecified atom stereocenters. The van der Waals surface area contributed by atoms with E-state index in [4.69, 9.17) is 23.7 Å². The molecular formula is C20H26N2O7. The third-order valence-electron chi connectivity index (χ3n) is 5.01. The highest BCUT2D eigenvalue weighted by molar-refractivity contribution is 5.85. The van der Waals surface area contributed by atoms with Crippen molar-refractivity contribution in [2.24, 2.45) is 5.92 Å². The van der Waals surface area contributed by atoms with Gasteiger partial charge in [-0.2, -0.15) is 0 Å². The predicted molar refractivity (Wildman–Crippen MR) is 103 cm³/mol. The molecule has 2 N–H and O–H groups in total. The summed E-state index contributed by atoms with van der Waals surface area (Å²) in [5.74, 6) is -0.109. The summed E-state index contributed by atoms with van der Waals surface area (Å²) in [6.07, 6.45) is 1.70. The lowest BCUT2D eigenvalue weighted by Gasteiger charge is -2.33. The lowest BCUT2D eigenvalue weighted by Crippen LogP contribution is -2.51. The summed E-state index contributed by atoms with van der Waals surface area (Å²) in [7, 11) is 4.49. The van der Waals surface area contributed by atoms with Crippen molar-refractivity contribution in [2.45, 2.75) is 25.0 Å². The molecule has 2 heterocycles. The Labute approximate surface area is 169 Å². The Morgan fingerprint density at radius 1 is 1.21 bits per heavy atom. The largest absolute Gasteiger partial charge is 0.493 e. The third-order valence-corrected chi connectivity index (χ3v) is 5.01. The van der Waals surface area contributed by atoms with Crippen molar-refractivity contribution in [1.82, 2.24) is 10.6 Å². The van der Waals surface area contributed by atoms with E-state index in [-0.39, 0.29) is 18.4 Å². The van der Waals surface area contributed by atoms with Crippen LogP contribution in [0.15, 0.2) is 24.4 Å². The molecule has 9 nitrogen and oxygen atoms in total. The second-order valence-corrected chi connectivity index (χ2v) is 6.80. The first-order valence-corrected chi connectivity index (χ1v) is 9.33. The monoisotopic (exact) mass is 406 g/mol. The number of hydrogen-bond acceptors (Lipinski definition) is 7. The molecule has 0 aliphatic carbocycles. The minimum Gasteiger partial charge on any atom is -0.493 e. The highest BCUT2D eigenvalue weighted by Gasteiger charge is 2.40. The number of nitrogens with one attached hydrogen (secondary N) is 2. The fraction of sp³-hybridized carbons (Fsp3) is 0.500. The minimum absolute atomic E-state index is 0.0991. The zero-order valence-electron chi connectivity index (χ0n) is 16.8. The van der Waals surface area contributed by atoms with Crippen molar-refractivity contribution in [3.05, 3.63) is 30.0 Å². The molecule has 0 radical (unpaired) electrons. The van der Waals surface area contributed by atoms with E-state index in [0.29, 0.717) is 29.4 Å². The molecule has 3 atom stereocenters. The van der Waals surface area contributed by atoms with E-state index in [1.54, 1.807) is 12.1 Å². The number of methoxy groups -OCH3 is 3. The van der Waals surface area contributed by atoms with E-state index in [1.165, 1.54) is 21.3 Å². The number of carbonyl (C=O) groups excluding carboxylic acids is 2. The van der Waals surface area contributed by atoms with Crippen LogP contribution in [0.4, 0.5) is 4.79 Å². The molecule has 158 valence electrons. The average molecular weight is 406 g/mol. The van der Waals surface area contributed by atoms with Crippen LogP contribution in [0.3, 0.4) is 0 Å². The molecule has 1 aromatic rings. The zero-order chi connectivity index (χ0) is 21.0. The molecule has 0 spiro atoms. The molecule has 1 aromatic carbocycles. The van der Waals surface area contributed by atoms with Gasteiger partial charge in [-0.15, -0.1) is 0 Å². The smallest absolute Gasteiger partial charge is 0.319 e. The average Bonchev–Trinajstić information content (AvgIpc) is 3.23. The molecule has 29 heavy (non-hydrogen) atoms. The first kappa shape index (κ1) is 20.8. The molecule has 9 heteroatoms. The topological polar surface area (TPSA) is 104 Å². The first-order valence-electron chi connectivity index (χ1n) is 9.33. The van der Waals surface area contributed by atoms with Gasteiger partial charge in [0, 0.05) is 12.3 Å². The number of ether oxygens (including phenoxy) is 5. The van der Waals surface area contributed by atoms with E-state index < -0.39 is 24.0 Å². The van der Waals surface area contributed by atoms with Crippen LogP contribution in [0.1, 0.15) is 24.4 Å². The molecule has 2 saturated heterocycles. The van der Waals surface area contributed by atoms with Gasteiger partial charge in [0.2, 0.25) is 5.75 Å². The molecule has 2 aliphatic rings. The van der Waals surface area contributed by atoms with Crippen LogP contribution in [0, 0.1) is 5.92 Å². The van der Waals surface area contributed by atoms with Crippen molar-refractivity contribution in [3.63, 3.8) is 0 Å². The van der Waals surface area contributed by atoms with Crippen LogP contribution in [0.2, 0.25) is 0 Å². The number of carbonyl (C=O) groups is 2. The minimum atomic E-state index is -0.836. The predicted octanol–water partition coefficient (Wildman–Crippen LogP) is 1.92. The van der Waals surface area contributed by atoms with Crippen molar-refractivity contribution in [1.29, 1.82) is 0 Å². The van der Waals surface area contributed by atoms with E-state index in [9.17, 15) is 9.59 Å². The summed E-state index contributed by atoms with van der Waals surface area (Å²) in [4.78, 5) is 25.0. The maximum Gasteiger partial charge on any atom is 0.319 e. The first-order chi connectivity index (χ1) is 14.0. The van der Waals surface area contributed by atoms with Crippen LogP contribution in [-0.2, 0) is 14.3 Å². The van der Waals surface area contributed by atoms with Crippen molar-refractivity contribution in [2.75, 3.05) is 34.5 Å². The van der Waals surface area contributed by atoms with E-state index >= 15 is 0 Å². The van der Waals surface area contributed by atoms with Gasteiger partial charge in [0.25, 0.3) is 0 Å². The highest BCUT2D eigenvalue weighted by Crippen LogP contribution is 2.42.